The maximum Gasteiger partial charge on any atom is 0.469 e. The molecule has 1 aromatic rings. The predicted molar refractivity (Wildman–Crippen MR) is 272 cm³/mol. The molecule has 76 heavy (non-hydrogen) atoms. The second-order valence-corrected chi connectivity index (χ2v) is 20.0. The molecule has 1 fully saturated rings. The Bertz CT molecular complexity index is 2260. The maximum absolute atomic E-state index is 14.0. The molecule has 0 unspecified atom stereocenters. The van der Waals surface area contributed by atoms with Crippen LogP contribution >= 0.6 is 7.82 Å². The summed E-state index contributed by atoms with van der Waals surface area (Å²) in [6, 6.07) is -4.61. The molecule has 1 heterocycles. The van der Waals surface area contributed by atoms with Gasteiger partial charge in [-0.1, -0.05) is 50.6 Å². The van der Waals surface area contributed by atoms with Gasteiger partial charge >= 0.3 is 13.8 Å². The molecule has 12 atom stereocenters. The van der Waals surface area contributed by atoms with Crippen molar-refractivity contribution < 1.29 is 76.7 Å². The normalized spacial score (nSPS) is 17.7. The number of hydrogen-bond donors (Lipinski definition) is 14. The van der Waals surface area contributed by atoms with E-state index < -0.39 is 152 Å². The predicted octanol–water partition coefficient (Wildman–Crippen LogP) is -3.47. The monoisotopic (exact) mass is 1100 g/mol. The molecule has 1 aromatic carbocycles. The molecular weight excluding hydrogens is 1020 g/mol. The van der Waals surface area contributed by atoms with Crippen LogP contribution < -0.4 is 59.7 Å². The second kappa shape index (κ2) is 31.5. The van der Waals surface area contributed by atoms with Crippen molar-refractivity contribution in [1.29, 1.82) is 0 Å². The third-order valence-electron chi connectivity index (χ3n) is 12.5. The van der Waals surface area contributed by atoms with Crippen molar-refractivity contribution in [3.63, 3.8) is 0 Å². The number of likely N-dealkylation sites (tertiary alicyclic amines) is 1. The van der Waals surface area contributed by atoms with Crippen LogP contribution in [-0.4, -0.2) is 164 Å². The lowest BCUT2D eigenvalue weighted by Gasteiger charge is -2.31. The number of phosphoric acid groups is 1. The van der Waals surface area contributed by atoms with E-state index in [1.165, 1.54) is 32.6 Å². The number of carboxylic acids is 1. The smallest absolute Gasteiger partial charge is 0.469 e. The fraction of sp³-hybridized carbons (Fsp3) is 0.638. The van der Waals surface area contributed by atoms with E-state index in [0.717, 1.165) is 6.92 Å². The Morgan fingerprint density at radius 1 is 0.684 bits per heavy atom. The zero-order valence-corrected chi connectivity index (χ0v) is 44.8. The molecule has 0 spiro atoms. The molecule has 0 radical (unpaired) electrons. The zero-order chi connectivity index (χ0) is 57.6. The molecule has 1 aliphatic heterocycles. The van der Waals surface area contributed by atoms with Gasteiger partial charge in [-0.15, -0.1) is 0 Å². The number of nitrogens with zero attached hydrogens (tertiary/aromatic N) is 1. The highest BCUT2D eigenvalue weighted by Gasteiger charge is 2.40. The Hall–Kier alpha value is -6.58. The first kappa shape index (κ1) is 65.5. The number of carbonyl (C=O) groups excluding carboxylic acids is 10. The largest absolute Gasteiger partial charge is 0.481 e. The summed E-state index contributed by atoms with van der Waals surface area (Å²) in [5.74, 6) is -10.4. The molecule has 28 nitrogen and oxygen atoms in total. The first-order valence-electron chi connectivity index (χ1n) is 25.0. The highest BCUT2D eigenvalue weighted by atomic mass is 31.2. The van der Waals surface area contributed by atoms with Crippen LogP contribution in [0.3, 0.4) is 0 Å². The van der Waals surface area contributed by atoms with E-state index in [1.54, 1.807) is 44.2 Å². The molecule has 2 rings (SSSR count). The van der Waals surface area contributed by atoms with E-state index >= 15 is 0 Å². The molecule has 1 saturated heterocycles. The number of hydrogen-bond acceptors (Lipinski definition) is 15. The second-order valence-electron chi connectivity index (χ2n) is 18.8. The van der Waals surface area contributed by atoms with Crippen LogP contribution in [0.15, 0.2) is 30.3 Å². The lowest BCUT2D eigenvalue weighted by Crippen LogP contribution is -2.62. The Kier molecular flexibility index (Phi) is 27.1. The molecule has 0 aliphatic carbocycles. The van der Waals surface area contributed by atoms with Crippen LogP contribution in [0.5, 0.6) is 0 Å². The average Bonchev–Trinajstić information content (AvgIpc) is 3.85. The lowest BCUT2D eigenvalue weighted by molar-refractivity contribution is -0.142. The highest BCUT2D eigenvalue weighted by Crippen LogP contribution is 2.38. The van der Waals surface area contributed by atoms with Gasteiger partial charge in [0, 0.05) is 19.4 Å². The number of primary amides is 1. The summed E-state index contributed by atoms with van der Waals surface area (Å²) in [4.78, 5) is 165. The van der Waals surface area contributed by atoms with Crippen molar-refractivity contribution >= 4 is 72.9 Å². The number of nitrogens with two attached hydrogens (primary N) is 3. The third-order valence-corrected chi connectivity index (χ3v) is 13.1. The molecule has 1 aliphatic rings. The Balaban J connectivity index is 2.22. The topological polar surface area (TPSA) is 452 Å². The molecule has 10 amide bonds. The van der Waals surface area contributed by atoms with Gasteiger partial charge in [0.05, 0.1) is 12.1 Å². The van der Waals surface area contributed by atoms with Crippen LogP contribution in [0.1, 0.15) is 105 Å². The number of aliphatic carboxylic acids is 1. The highest BCUT2D eigenvalue weighted by molar-refractivity contribution is 7.46. The van der Waals surface area contributed by atoms with Crippen molar-refractivity contribution in [2.24, 2.45) is 23.1 Å². The number of rotatable bonds is 32. The first-order valence-corrected chi connectivity index (χ1v) is 26.5. The minimum Gasteiger partial charge on any atom is -0.481 e. The fourth-order valence-electron chi connectivity index (χ4n) is 7.80. The van der Waals surface area contributed by atoms with E-state index in [4.69, 9.17) is 26.8 Å². The van der Waals surface area contributed by atoms with Gasteiger partial charge in [-0.2, -0.15) is 0 Å². The van der Waals surface area contributed by atoms with Gasteiger partial charge in [0.1, 0.15) is 54.4 Å². The van der Waals surface area contributed by atoms with E-state index in [-0.39, 0.29) is 38.6 Å². The minimum absolute atomic E-state index is 0.0216. The number of phosphoric ester groups is 1. The Labute approximate surface area is 440 Å². The van der Waals surface area contributed by atoms with Gasteiger partial charge in [-0.05, 0) is 91.2 Å². The van der Waals surface area contributed by atoms with Gasteiger partial charge in [-0.25, -0.2) is 4.57 Å². The first-order chi connectivity index (χ1) is 35.5. The average molecular weight is 1100 g/mol. The summed E-state index contributed by atoms with van der Waals surface area (Å²) in [7, 11) is -5.32. The van der Waals surface area contributed by atoms with E-state index in [9.17, 15) is 67.1 Å². The molecule has 0 saturated carbocycles. The molecule has 29 heteroatoms. The number of carbonyl (C=O) groups is 11. The number of carboxylic acid groups (broad SMARTS) is 1. The molecule has 17 N–H and O–H groups in total. The molecule has 0 bridgehead atoms. The van der Waals surface area contributed by atoms with Crippen molar-refractivity contribution in [3.8, 4) is 0 Å². The zero-order valence-electron chi connectivity index (χ0n) is 43.9. The van der Waals surface area contributed by atoms with Crippen LogP contribution in [0, 0.1) is 5.92 Å². The summed E-state index contributed by atoms with van der Waals surface area (Å²) < 4.78 is 16.6. The SMILES string of the molecule is CC[C@H](C)[C@H](NC(=O)[C@H](C)NC(=O)[C@@H](N)CCC(=O)O)C(=O)N[C@H](C(=O)N[C@@H](C)C(=O)N[C@@H](C)C(=O)N1CCC[C@H]1C(=O)N[C@@H](Cc1ccccc1)C(=O)N[C@@H](C)C(=O)N[C@@H](CCCCN)C(N)=O)[C@@H](C)OP(=O)(O)O. The Morgan fingerprint density at radius 2 is 1.21 bits per heavy atom. The van der Waals surface area contributed by atoms with Gasteiger partial charge in [0.25, 0.3) is 0 Å². The van der Waals surface area contributed by atoms with Crippen LogP contribution in [0.2, 0.25) is 0 Å². The Morgan fingerprint density at radius 3 is 1.76 bits per heavy atom. The van der Waals surface area contributed by atoms with Crippen LogP contribution in [-0.2, 0) is 68.2 Å². The van der Waals surface area contributed by atoms with Crippen LogP contribution in [0.4, 0.5) is 0 Å². The van der Waals surface area contributed by atoms with Gasteiger partial charge < -0.3 is 79.5 Å². The summed E-state index contributed by atoms with van der Waals surface area (Å²) in [5.41, 5.74) is 17.4. The summed E-state index contributed by atoms with van der Waals surface area (Å²) in [6.45, 7) is 9.93. The van der Waals surface area contributed by atoms with Crippen molar-refractivity contribution in [1.82, 2.24) is 47.4 Å². The van der Waals surface area contributed by atoms with E-state index in [2.05, 4.69) is 42.5 Å². The molecule has 0 aromatic heterocycles. The quantitative estimate of drug-likeness (QED) is 0.0246. The summed E-state index contributed by atoms with van der Waals surface area (Å²) >= 11 is 0. The van der Waals surface area contributed by atoms with E-state index in [1.807, 2.05) is 0 Å². The van der Waals surface area contributed by atoms with Gasteiger partial charge in [-0.3, -0.25) is 57.3 Å². The van der Waals surface area contributed by atoms with Gasteiger partial charge in [0.15, 0.2) is 0 Å². The fourth-order valence-corrected chi connectivity index (χ4v) is 8.35. The number of nitrogens with one attached hydrogen (secondary N) is 8. The number of amides is 10. The summed E-state index contributed by atoms with van der Waals surface area (Å²) in [5, 5.41) is 28.6. The van der Waals surface area contributed by atoms with E-state index in [0.29, 0.717) is 31.4 Å². The molecular formula is C47H77N12O16P. The van der Waals surface area contributed by atoms with Gasteiger partial charge in [0.2, 0.25) is 59.1 Å². The van der Waals surface area contributed by atoms with Crippen molar-refractivity contribution in [3.05, 3.63) is 35.9 Å². The van der Waals surface area contributed by atoms with Crippen molar-refractivity contribution in [2.75, 3.05) is 13.1 Å². The number of unbranched alkanes of at least 4 members (excludes halogenated alkanes) is 1. The maximum atomic E-state index is 14.0. The number of benzene rings is 1. The lowest BCUT2D eigenvalue weighted by atomic mass is 9.97. The third kappa shape index (κ3) is 21.9. The summed E-state index contributed by atoms with van der Waals surface area (Å²) in [6.07, 6.45) is -0.281. The minimum atomic E-state index is -5.32. The van der Waals surface area contributed by atoms with Crippen molar-refractivity contribution in [2.45, 2.75) is 173 Å². The molecule has 426 valence electrons. The standard InChI is InChI=1S/C47H77N12O16P/c1-8-24(2)36(57-41(65)27(5)51-42(66)31(49)19-20-35(60)61)45(69)58-37(29(7)75-76(72,73)74)46(70)53-25(3)39(63)54-28(6)47(71)59-22-14-18-34(59)44(68)56-33(23-30-15-10-9-11-16-30)43(67)52-26(4)40(64)55-32(38(50)62)17-12-13-21-48/h9-11,15-16,24-29,31-34,36-37H,8,12-14,17-23,48-49H2,1-7H3,(H2,50,62)(H,51,66)(H,52,67)(H,53,70)(H,54,63)(H,55,64)(H,56,68)(H,57,65)(H,58,69)(H,60,61)(H2,72,73,74)/t24-,25-,26-,27-,28-,29+,31-,32-,33-,34-,36-,37-/m0/s1. The van der Waals surface area contributed by atoms with Crippen LogP contribution in [0.25, 0.3) is 0 Å².